The van der Waals surface area contributed by atoms with Crippen LogP contribution in [0.2, 0.25) is 0 Å². The predicted octanol–water partition coefficient (Wildman–Crippen LogP) is 2.96. The fourth-order valence-corrected chi connectivity index (χ4v) is 4.75. The van der Waals surface area contributed by atoms with Crippen LogP contribution in [-0.2, 0) is 23.1 Å². The van der Waals surface area contributed by atoms with Gasteiger partial charge in [-0.3, -0.25) is 14.6 Å². The van der Waals surface area contributed by atoms with Gasteiger partial charge < -0.3 is 4.98 Å². The molecule has 124 valence electrons. The number of nitrogens with zero attached hydrogens (tertiary/aromatic N) is 1. The molecule has 2 aliphatic rings. The van der Waals surface area contributed by atoms with Gasteiger partial charge in [0, 0.05) is 42.4 Å². The topological polar surface area (TPSA) is 62.8 Å². The number of pyridine rings is 2. The third-order valence-electron chi connectivity index (χ3n) is 5.87. The summed E-state index contributed by atoms with van der Waals surface area (Å²) in [6.07, 6.45) is 9.73. The Morgan fingerprint density at radius 1 is 1.25 bits per heavy atom. The quantitative estimate of drug-likeness (QED) is 0.924. The first-order valence-corrected chi connectivity index (χ1v) is 8.81. The molecule has 0 aliphatic heterocycles. The Balaban J connectivity index is 1.86. The molecule has 0 unspecified atom stereocenters. The van der Waals surface area contributed by atoms with Crippen LogP contribution in [0, 0.1) is 5.92 Å². The molecule has 1 N–H and O–H groups in total. The molecule has 0 radical (unpaired) electrons. The fraction of sp³-hybridized carbons (Fsp3) is 0.450. The third kappa shape index (κ3) is 2.60. The van der Waals surface area contributed by atoms with Crippen LogP contribution in [0.5, 0.6) is 0 Å². The monoisotopic (exact) mass is 322 g/mol. The minimum Gasteiger partial charge on any atom is -0.329 e. The van der Waals surface area contributed by atoms with Gasteiger partial charge in [0.15, 0.2) is 0 Å². The van der Waals surface area contributed by atoms with E-state index in [1.54, 1.807) is 6.07 Å². The van der Waals surface area contributed by atoms with E-state index in [0.29, 0.717) is 24.5 Å². The first kappa shape index (κ1) is 15.3. The number of ketones is 1. The molecule has 2 aromatic rings. The van der Waals surface area contributed by atoms with Crippen molar-refractivity contribution in [2.75, 3.05) is 0 Å². The Bertz CT molecular complexity index is 812. The third-order valence-corrected chi connectivity index (χ3v) is 5.87. The molecule has 0 spiro atoms. The molecule has 1 saturated carbocycles. The number of nitrogens with one attached hydrogen (secondary N) is 1. The summed E-state index contributed by atoms with van der Waals surface area (Å²) in [4.78, 5) is 31.3. The van der Waals surface area contributed by atoms with Crippen LogP contribution in [0.1, 0.15) is 48.9 Å². The Labute approximate surface area is 141 Å². The molecule has 2 aromatic heterocycles. The number of carbonyl (C=O) groups excluding carboxylic acids is 1. The molecular formula is C20H22N2O2. The average molecular weight is 322 g/mol. The van der Waals surface area contributed by atoms with E-state index in [1.807, 2.05) is 24.5 Å². The van der Waals surface area contributed by atoms with Gasteiger partial charge >= 0.3 is 0 Å². The number of carbonyl (C=O) groups is 1. The smallest absolute Gasteiger partial charge is 0.248 e. The van der Waals surface area contributed by atoms with E-state index < -0.39 is 0 Å². The molecule has 2 heterocycles. The molecule has 4 nitrogen and oxygen atoms in total. The van der Waals surface area contributed by atoms with Crippen molar-refractivity contribution in [1.82, 2.24) is 9.97 Å². The molecule has 2 atom stereocenters. The molecule has 4 heteroatoms. The fourth-order valence-electron chi connectivity index (χ4n) is 4.75. The number of fused-ring (bicyclic) bond motifs is 3. The highest BCUT2D eigenvalue weighted by molar-refractivity contribution is 5.80. The number of Topliss-reactive ketones (excluding diaryl/α,β-unsaturated/α-hetero) is 1. The van der Waals surface area contributed by atoms with Crippen LogP contribution < -0.4 is 5.56 Å². The van der Waals surface area contributed by atoms with Crippen LogP contribution in [0.4, 0.5) is 0 Å². The zero-order valence-electron chi connectivity index (χ0n) is 13.8. The number of hydrogen-bond donors (Lipinski definition) is 1. The lowest BCUT2D eigenvalue weighted by Crippen LogP contribution is -2.43. The van der Waals surface area contributed by atoms with Crippen molar-refractivity contribution in [3.63, 3.8) is 0 Å². The number of aryl methyl sites for hydroxylation is 1. The normalized spacial score (nSPS) is 26.3. The van der Waals surface area contributed by atoms with Gasteiger partial charge in [-0.15, -0.1) is 0 Å². The van der Waals surface area contributed by atoms with Crippen molar-refractivity contribution in [2.24, 2.45) is 5.92 Å². The van der Waals surface area contributed by atoms with E-state index >= 15 is 0 Å². The number of H-pyrrole nitrogens is 1. The minimum atomic E-state index is -0.0850. The van der Waals surface area contributed by atoms with Gasteiger partial charge in [0.2, 0.25) is 5.56 Å². The maximum absolute atomic E-state index is 12.1. The van der Waals surface area contributed by atoms with Gasteiger partial charge in [-0.2, -0.15) is 0 Å². The lowest BCUT2D eigenvalue weighted by Gasteiger charge is -2.44. The van der Waals surface area contributed by atoms with Gasteiger partial charge in [-0.25, -0.2) is 0 Å². The molecular weight excluding hydrogens is 300 g/mol. The molecule has 0 aromatic carbocycles. The summed E-state index contributed by atoms with van der Waals surface area (Å²) in [5.41, 5.74) is 3.34. The molecule has 0 saturated heterocycles. The second kappa shape index (κ2) is 6.00. The van der Waals surface area contributed by atoms with E-state index in [4.69, 9.17) is 0 Å². The number of hydrogen-bond acceptors (Lipinski definition) is 3. The van der Waals surface area contributed by atoms with Gasteiger partial charge in [0.1, 0.15) is 5.78 Å². The molecule has 4 rings (SSSR count). The standard InChI is InChI=1S/C20H22N2O2/c23-17-7-8-20(12-16-6-1-2-9-21-16)15(11-17)5-3-4-14-10-19(24)22-13-18(14)20/h1-2,6,9-10,13,15H,3-5,7-8,11-12H2,(H,22,24)/t15-,20-/m1/s1. The summed E-state index contributed by atoms with van der Waals surface area (Å²) in [6.45, 7) is 0. The average Bonchev–Trinajstić information content (AvgIpc) is 2.72. The summed E-state index contributed by atoms with van der Waals surface area (Å²) in [7, 11) is 0. The van der Waals surface area contributed by atoms with Crippen LogP contribution in [-0.4, -0.2) is 15.8 Å². The zero-order chi connectivity index (χ0) is 16.6. The van der Waals surface area contributed by atoms with Crippen LogP contribution in [0.25, 0.3) is 0 Å². The highest BCUT2D eigenvalue weighted by Gasteiger charge is 2.46. The van der Waals surface area contributed by atoms with Crippen molar-refractivity contribution >= 4 is 5.78 Å². The Morgan fingerprint density at radius 2 is 2.17 bits per heavy atom. The van der Waals surface area contributed by atoms with Gasteiger partial charge in [0.25, 0.3) is 0 Å². The highest BCUT2D eigenvalue weighted by Crippen LogP contribution is 2.49. The van der Waals surface area contributed by atoms with Crippen molar-refractivity contribution in [3.05, 3.63) is 63.8 Å². The number of aromatic amines is 1. The number of aromatic nitrogens is 2. The Kier molecular flexibility index (Phi) is 3.83. The molecule has 1 fully saturated rings. The van der Waals surface area contributed by atoms with Crippen molar-refractivity contribution in [3.8, 4) is 0 Å². The molecule has 24 heavy (non-hydrogen) atoms. The van der Waals surface area contributed by atoms with Gasteiger partial charge in [-0.1, -0.05) is 6.07 Å². The number of rotatable bonds is 2. The van der Waals surface area contributed by atoms with Crippen LogP contribution in [0.3, 0.4) is 0 Å². The summed E-state index contributed by atoms with van der Waals surface area (Å²) in [5.74, 6) is 0.720. The van der Waals surface area contributed by atoms with E-state index in [2.05, 4.69) is 16.0 Å². The van der Waals surface area contributed by atoms with Crippen molar-refractivity contribution in [2.45, 2.75) is 50.4 Å². The van der Waals surface area contributed by atoms with E-state index in [0.717, 1.165) is 43.4 Å². The zero-order valence-corrected chi connectivity index (χ0v) is 13.8. The second-order valence-electron chi connectivity index (χ2n) is 7.22. The van der Waals surface area contributed by atoms with E-state index in [9.17, 15) is 9.59 Å². The largest absolute Gasteiger partial charge is 0.329 e. The summed E-state index contributed by atoms with van der Waals surface area (Å²) >= 11 is 0. The second-order valence-corrected chi connectivity index (χ2v) is 7.22. The SMILES string of the molecule is O=C1CC[C@]2(Cc3ccccn3)c3c[nH]c(=O)cc3CCC[C@@H]2C1. The minimum absolute atomic E-state index is 0.0351. The maximum Gasteiger partial charge on any atom is 0.248 e. The van der Waals surface area contributed by atoms with Crippen LogP contribution >= 0.6 is 0 Å². The first-order chi connectivity index (χ1) is 11.7. The summed E-state index contributed by atoms with van der Waals surface area (Å²) < 4.78 is 0. The Morgan fingerprint density at radius 3 is 3.00 bits per heavy atom. The van der Waals surface area contributed by atoms with E-state index in [1.165, 1.54) is 5.56 Å². The Hall–Kier alpha value is -2.23. The summed E-state index contributed by atoms with van der Waals surface area (Å²) in [6, 6.07) is 7.78. The van der Waals surface area contributed by atoms with Gasteiger partial charge in [-0.05, 0) is 61.3 Å². The highest BCUT2D eigenvalue weighted by atomic mass is 16.1. The van der Waals surface area contributed by atoms with Crippen LogP contribution in [0.15, 0.2) is 41.5 Å². The first-order valence-electron chi connectivity index (χ1n) is 8.81. The summed E-state index contributed by atoms with van der Waals surface area (Å²) in [5, 5.41) is 0. The van der Waals surface area contributed by atoms with Crippen molar-refractivity contribution in [1.29, 1.82) is 0 Å². The lowest BCUT2D eigenvalue weighted by molar-refractivity contribution is -0.123. The predicted molar refractivity (Wildman–Crippen MR) is 92.0 cm³/mol. The van der Waals surface area contributed by atoms with Gasteiger partial charge in [0.05, 0.1) is 0 Å². The van der Waals surface area contributed by atoms with Crippen molar-refractivity contribution < 1.29 is 4.79 Å². The maximum atomic E-state index is 12.1. The molecule has 0 amide bonds. The van der Waals surface area contributed by atoms with E-state index in [-0.39, 0.29) is 11.0 Å². The lowest BCUT2D eigenvalue weighted by atomic mass is 9.59. The molecule has 0 bridgehead atoms. The molecule has 2 aliphatic carbocycles.